The van der Waals surface area contributed by atoms with Crippen LogP contribution in [0.3, 0.4) is 0 Å². The average Bonchev–Trinajstić information content (AvgIpc) is 2.37. The predicted octanol–water partition coefficient (Wildman–Crippen LogP) is 2.69. The normalized spacial score (nSPS) is 11.3. The number of nitrogen functional groups attached to an aromatic ring is 1. The molecule has 0 aliphatic heterocycles. The molecule has 0 unspecified atom stereocenters. The zero-order valence-corrected chi connectivity index (χ0v) is 9.78. The van der Waals surface area contributed by atoms with Crippen molar-refractivity contribution in [2.24, 2.45) is 0 Å². The van der Waals surface area contributed by atoms with Gasteiger partial charge in [0.25, 0.3) is 0 Å². The lowest BCUT2D eigenvalue weighted by Crippen LogP contribution is -2.10. The van der Waals surface area contributed by atoms with Crippen molar-refractivity contribution in [2.45, 2.75) is 12.7 Å². The SMILES string of the molecule is Nc1ccc(CNc2ccc(C(F)(F)F)nn2)cc1. The molecule has 4 nitrogen and oxygen atoms in total. The minimum absolute atomic E-state index is 0.282. The number of aromatic nitrogens is 2. The summed E-state index contributed by atoms with van der Waals surface area (Å²) in [6.45, 7) is 0.431. The van der Waals surface area contributed by atoms with Crippen LogP contribution in [0.2, 0.25) is 0 Å². The molecule has 0 spiro atoms. The van der Waals surface area contributed by atoms with E-state index in [1.54, 1.807) is 12.1 Å². The van der Waals surface area contributed by atoms with E-state index in [-0.39, 0.29) is 5.82 Å². The first-order chi connectivity index (χ1) is 8.95. The molecule has 0 aliphatic rings. The van der Waals surface area contributed by atoms with E-state index in [4.69, 9.17) is 5.73 Å². The zero-order chi connectivity index (χ0) is 13.9. The van der Waals surface area contributed by atoms with Gasteiger partial charge in [0, 0.05) is 12.2 Å². The van der Waals surface area contributed by atoms with E-state index in [1.165, 1.54) is 6.07 Å². The Morgan fingerprint density at radius 3 is 2.21 bits per heavy atom. The lowest BCUT2D eigenvalue weighted by Gasteiger charge is -2.07. The Labute approximate surface area is 107 Å². The van der Waals surface area contributed by atoms with Gasteiger partial charge in [-0.3, -0.25) is 0 Å². The number of alkyl halides is 3. The highest BCUT2D eigenvalue weighted by Crippen LogP contribution is 2.27. The summed E-state index contributed by atoms with van der Waals surface area (Å²) < 4.78 is 36.8. The van der Waals surface area contributed by atoms with Crippen molar-refractivity contribution in [2.75, 3.05) is 11.1 Å². The number of hydrogen-bond acceptors (Lipinski definition) is 4. The number of nitrogens with two attached hydrogens (primary N) is 1. The Balaban J connectivity index is 1.98. The summed E-state index contributed by atoms with van der Waals surface area (Å²) in [6.07, 6.45) is -4.47. The van der Waals surface area contributed by atoms with E-state index < -0.39 is 11.9 Å². The second-order valence-electron chi connectivity index (χ2n) is 3.90. The van der Waals surface area contributed by atoms with Gasteiger partial charge in [-0.15, -0.1) is 10.2 Å². The Morgan fingerprint density at radius 2 is 1.68 bits per heavy atom. The maximum atomic E-state index is 12.3. The maximum Gasteiger partial charge on any atom is 0.435 e. The number of anilines is 2. The molecule has 0 saturated heterocycles. The molecule has 19 heavy (non-hydrogen) atoms. The number of nitrogens with one attached hydrogen (secondary N) is 1. The first kappa shape index (κ1) is 13.1. The molecule has 0 aliphatic carbocycles. The first-order valence-corrected chi connectivity index (χ1v) is 5.44. The van der Waals surface area contributed by atoms with Gasteiger partial charge in [-0.25, -0.2) is 0 Å². The van der Waals surface area contributed by atoms with Crippen LogP contribution in [0.25, 0.3) is 0 Å². The third kappa shape index (κ3) is 3.57. The maximum absolute atomic E-state index is 12.3. The Bertz CT molecular complexity index is 534. The molecule has 0 amide bonds. The summed E-state index contributed by atoms with van der Waals surface area (Å²) >= 11 is 0. The van der Waals surface area contributed by atoms with E-state index in [9.17, 15) is 13.2 Å². The molecule has 2 aromatic rings. The smallest absolute Gasteiger partial charge is 0.399 e. The molecule has 2 rings (SSSR count). The third-order valence-electron chi connectivity index (χ3n) is 2.41. The quantitative estimate of drug-likeness (QED) is 0.840. The van der Waals surface area contributed by atoms with Gasteiger partial charge >= 0.3 is 6.18 Å². The molecule has 0 radical (unpaired) electrons. The Hall–Kier alpha value is -2.31. The van der Waals surface area contributed by atoms with Crippen LogP contribution in [-0.2, 0) is 12.7 Å². The minimum Gasteiger partial charge on any atom is -0.399 e. The molecule has 0 bridgehead atoms. The minimum atomic E-state index is -4.47. The first-order valence-electron chi connectivity index (χ1n) is 5.44. The van der Waals surface area contributed by atoms with Gasteiger partial charge in [-0.05, 0) is 29.8 Å². The summed E-state index contributed by atoms with van der Waals surface area (Å²) in [5.41, 5.74) is 6.12. The molecule has 0 fully saturated rings. The van der Waals surface area contributed by atoms with Crippen LogP contribution in [0.4, 0.5) is 24.7 Å². The number of nitrogens with zero attached hydrogens (tertiary/aromatic N) is 2. The number of benzene rings is 1. The molecule has 100 valence electrons. The number of rotatable bonds is 3. The van der Waals surface area contributed by atoms with E-state index in [2.05, 4.69) is 15.5 Å². The van der Waals surface area contributed by atoms with E-state index in [0.717, 1.165) is 11.6 Å². The van der Waals surface area contributed by atoms with Crippen molar-refractivity contribution >= 4 is 11.5 Å². The van der Waals surface area contributed by atoms with Crippen molar-refractivity contribution in [3.8, 4) is 0 Å². The van der Waals surface area contributed by atoms with Crippen molar-refractivity contribution in [1.29, 1.82) is 0 Å². The van der Waals surface area contributed by atoms with Crippen molar-refractivity contribution in [3.05, 3.63) is 47.7 Å². The summed E-state index contributed by atoms with van der Waals surface area (Å²) in [7, 11) is 0. The molecular formula is C12H11F3N4. The van der Waals surface area contributed by atoms with Gasteiger partial charge in [0.05, 0.1) is 0 Å². The highest BCUT2D eigenvalue weighted by atomic mass is 19.4. The van der Waals surface area contributed by atoms with E-state index >= 15 is 0 Å². The van der Waals surface area contributed by atoms with Gasteiger partial charge in [-0.1, -0.05) is 12.1 Å². The molecule has 1 aromatic carbocycles. The van der Waals surface area contributed by atoms with Gasteiger partial charge in [0.2, 0.25) is 0 Å². The van der Waals surface area contributed by atoms with E-state index in [1.807, 2.05) is 12.1 Å². The summed E-state index contributed by atoms with van der Waals surface area (Å²) in [5, 5.41) is 9.47. The second-order valence-corrected chi connectivity index (χ2v) is 3.90. The number of halogens is 3. The molecule has 1 aromatic heterocycles. The fourth-order valence-electron chi connectivity index (χ4n) is 1.41. The van der Waals surface area contributed by atoms with Gasteiger partial charge in [0.15, 0.2) is 5.69 Å². The lowest BCUT2D eigenvalue weighted by atomic mass is 10.2. The summed E-state index contributed by atoms with van der Waals surface area (Å²) in [5.74, 6) is 0.282. The molecule has 7 heteroatoms. The monoisotopic (exact) mass is 268 g/mol. The van der Waals surface area contributed by atoms with Crippen LogP contribution >= 0.6 is 0 Å². The average molecular weight is 268 g/mol. The second kappa shape index (κ2) is 5.13. The molecule has 1 heterocycles. The topological polar surface area (TPSA) is 63.8 Å². The lowest BCUT2D eigenvalue weighted by molar-refractivity contribution is -0.141. The van der Waals surface area contributed by atoms with E-state index in [0.29, 0.717) is 12.2 Å². The van der Waals surface area contributed by atoms with Crippen LogP contribution in [0.1, 0.15) is 11.3 Å². The van der Waals surface area contributed by atoms with Crippen molar-refractivity contribution in [3.63, 3.8) is 0 Å². The molecule has 0 atom stereocenters. The van der Waals surface area contributed by atoms with Gasteiger partial charge in [-0.2, -0.15) is 13.2 Å². The molecule has 0 saturated carbocycles. The van der Waals surface area contributed by atoms with Crippen LogP contribution in [-0.4, -0.2) is 10.2 Å². The van der Waals surface area contributed by atoms with Gasteiger partial charge in [0.1, 0.15) is 5.82 Å². The van der Waals surface area contributed by atoms with Crippen LogP contribution in [0.15, 0.2) is 36.4 Å². The van der Waals surface area contributed by atoms with Gasteiger partial charge < -0.3 is 11.1 Å². The highest BCUT2D eigenvalue weighted by molar-refractivity contribution is 5.41. The third-order valence-corrected chi connectivity index (χ3v) is 2.41. The molecule has 3 N–H and O–H groups in total. The fourth-order valence-corrected chi connectivity index (χ4v) is 1.41. The largest absolute Gasteiger partial charge is 0.435 e. The summed E-state index contributed by atoms with van der Waals surface area (Å²) in [4.78, 5) is 0. The highest BCUT2D eigenvalue weighted by Gasteiger charge is 2.32. The predicted molar refractivity (Wildman–Crippen MR) is 65.2 cm³/mol. The van der Waals surface area contributed by atoms with Crippen LogP contribution in [0, 0.1) is 0 Å². The van der Waals surface area contributed by atoms with Crippen molar-refractivity contribution < 1.29 is 13.2 Å². The van der Waals surface area contributed by atoms with Crippen molar-refractivity contribution in [1.82, 2.24) is 10.2 Å². The zero-order valence-electron chi connectivity index (χ0n) is 9.78. The Morgan fingerprint density at radius 1 is 1.00 bits per heavy atom. The fraction of sp³-hybridized carbons (Fsp3) is 0.167. The van der Waals surface area contributed by atoms with Crippen LogP contribution in [0.5, 0.6) is 0 Å². The Kier molecular flexibility index (Phi) is 3.55. The summed E-state index contributed by atoms with van der Waals surface area (Å²) in [6, 6.07) is 9.26. The molecular weight excluding hydrogens is 257 g/mol. The standard InChI is InChI=1S/C12H11F3N4/c13-12(14,15)10-5-6-11(19-18-10)17-7-8-1-3-9(16)4-2-8/h1-6H,7,16H2,(H,17,19). The number of hydrogen-bond donors (Lipinski definition) is 2. The van der Waals surface area contributed by atoms with Crippen LogP contribution < -0.4 is 11.1 Å².